The van der Waals surface area contributed by atoms with E-state index in [0.717, 1.165) is 5.69 Å². The highest BCUT2D eigenvalue weighted by molar-refractivity contribution is 5.94. The number of anilines is 1. The molecule has 0 saturated heterocycles. The summed E-state index contributed by atoms with van der Waals surface area (Å²) in [5.74, 6) is 0.413. The lowest BCUT2D eigenvalue weighted by molar-refractivity contribution is -0.117. The third kappa shape index (κ3) is 2.93. The molecule has 0 saturated carbocycles. The van der Waals surface area contributed by atoms with E-state index < -0.39 is 0 Å². The number of rotatable bonds is 3. The average Bonchev–Trinajstić information content (AvgIpc) is 2.42. The number of para-hydroxylation sites is 1. The number of aryl methyl sites for hydroxylation is 2. The van der Waals surface area contributed by atoms with E-state index in [1.54, 1.807) is 25.8 Å². The molecule has 20 heavy (non-hydrogen) atoms. The van der Waals surface area contributed by atoms with E-state index in [0.29, 0.717) is 17.1 Å². The maximum Gasteiger partial charge on any atom is 0.254 e. The number of nitrogens with one attached hydrogen (secondary N) is 1. The normalized spacial score (nSPS) is 10.3. The van der Waals surface area contributed by atoms with Crippen LogP contribution in [0.1, 0.15) is 17.1 Å². The summed E-state index contributed by atoms with van der Waals surface area (Å²) in [5.41, 5.74) is 1.57. The molecule has 2 aromatic rings. The first-order valence-electron chi connectivity index (χ1n) is 6.37. The van der Waals surface area contributed by atoms with Gasteiger partial charge in [0.15, 0.2) is 0 Å². The predicted octanol–water partition coefficient (Wildman–Crippen LogP) is 1.59. The number of amides is 1. The summed E-state index contributed by atoms with van der Waals surface area (Å²) in [6.07, 6.45) is 0.0415. The molecule has 0 unspecified atom stereocenters. The fourth-order valence-corrected chi connectivity index (χ4v) is 2.02. The fourth-order valence-electron chi connectivity index (χ4n) is 2.02. The highest BCUT2D eigenvalue weighted by atomic mass is 16.2. The molecule has 2 rings (SSSR count). The molecule has 104 valence electrons. The Labute approximate surface area is 117 Å². The second-order valence-electron chi connectivity index (χ2n) is 4.68. The van der Waals surface area contributed by atoms with Crippen LogP contribution in [0.25, 0.3) is 0 Å². The lowest BCUT2D eigenvalue weighted by atomic mass is 10.1. The van der Waals surface area contributed by atoms with Gasteiger partial charge in [0, 0.05) is 24.0 Å². The highest BCUT2D eigenvalue weighted by Crippen LogP contribution is 2.12. The number of H-pyrrole nitrogens is 1. The third-order valence-electron chi connectivity index (χ3n) is 3.19. The summed E-state index contributed by atoms with van der Waals surface area (Å²) in [7, 11) is 1.70. The molecule has 0 aliphatic carbocycles. The summed E-state index contributed by atoms with van der Waals surface area (Å²) >= 11 is 0. The molecule has 0 aliphatic rings. The number of likely N-dealkylation sites (N-methyl/N-ethyl adjacent to an activating group) is 1. The van der Waals surface area contributed by atoms with Gasteiger partial charge in [0.2, 0.25) is 5.91 Å². The van der Waals surface area contributed by atoms with Crippen molar-refractivity contribution < 1.29 is 4.79 Å². The summed E-state index contributed by atoms with van der Waals surface area (Å²) in [4.78, 5) is 32.5. The monoisotopic (exact) mass is 271 g/mol. The van der Waals surface area contributed by atoms with Crippen molar-refractivity contribution in [3.05, 3.63) is 57.8 Å². The Morgan fingerprint density at radius 1 is 1.25 bits per heavy atom. The van der Waals surface area contributed by atoms with Crippen LogP contribution in [0.15, 0.2) is 35.1 Å². The van der Waals surface area contributed by atoms with Crippen LogP contribution in [0.4, 0.5) is 5.69 Å². The Morgan fingerprint density at radius 3 is 2.50 bits per heavy atom. The summed E-state index contributed by atoms with van der Waals surface area (Å²) in [6.45, 7) is 3.46. The molecule has 1 aromatic heterocycles. The second kappa shape index (κ2) is 5.69. The van der Waals surface area contributed by atoms with E-state index in [4.69, 9.17) is 0 Å². The number of aromatic amines is 1. The number of hydrogen-bond acceptors (Lipinski definition) is 3. The van der Waals surface area contributed by atoms with Crippen LogP contribution in [-0.4, -0.2) is 22.9 Å². The van der Waals surface area contributed by atoms with E-state index in [1.165, 1.54) is 0 Å². The van der Waals surface area contributed by atoms with Crippen LogP contribution in [0.5, 0.6) is 0 Å². The minimum atomic E-state index is -0.246. The van der Waals surface area contributed by atoms with Crippen molar-refractivity contribution in [1.29, 1.82) is 0 Å². The second-order valence-corrected chi connectivity index (χ2v) is 4.68. The smallest absolute Gasteiger partial charge is 0.254 e. The van der Waals surface area contributed by atoms with Crippen molar-refractivity contribution in [3.8, 4) is 0 Å². The number of benzene rings is 1. The van der Waals surface area contributed by atoms with Gasteiger partial charge in [-0.05, 0) is 26.0 Å². The van der Waals surface area contributed by atoms with E-state index in [9.17, 15) is 9.59 Å². The molecule has 0 spiro atoms. The van der Waals surface area contributed by atoms with Gasteiger partial charge in [-0.25, -0.2) is 4.98 Å². The van der Waals surface area contributed by atoms with Crippen molar-refractivity contribution in [3.63, 3.8) is 0 Å². The van der Waals surface area contributed by atoms with E-state index in [-0.39, 0.29) is 17.9 Å². The molecule has 0 fully saturated rings. The lowest BCUT2D eigenvalue weighted by Crippen LogP contribution is -2.31. The van der Waals surface area contributed by atoms with Crippen LogP contribution in [0.3, 0.4) is 0 Å². The van der Waals surface area contributed by atoms with Crippen LogP contribution >= 0.6 is 0 Å². The standard InChI is InChI=1S/C15H17N3O2/c1-10-13(15(20)17-11(2)16-10)9-14(19)18(3)12-7-5-4-6-8-12/h4-8H,9H2,1-3H3,(H,16,17,20). The molecule has 0 aliphatic heterocycles. The number of aromatic nitrogens is 2. The molecule has 1 amide bonds. The Kier molecular flexibility index (Phi) is 3.98. The van der Waals surface area contributed by atoms with Crippen LogP contribution < -0.4 is 10.5 Å². The average molecular weight is 271 g/mol. The van der Waals surface area contributed by atoms with Gasteiger partial charge in [-0.2, -0.15) is 0 Å². The predicted molar refractivity (Wildman–Crippen MR) is 77.9 cm³/mol. The largest absolute Gasteiger partial charge is 0.315 e. The molecule has 5 heteroatoms. The van der Waals surface area contributed by atoms with Gasteiger partial charge in [-0.3, -0.25) is 9.59 Å². The summed E-state index contributed by atoms with van der Waals surface area (Å²) in [6, 6.07) is 9.32. The molecular formula is C15H17N3O2. The van der Waals surface area contributed by atoms with Crippen LogP contribution in [-0.2, 0) is 11.2 Å². The Bertz CT molecular complexity index is 677. The van der Waals surface area contributed by atoms with Crippen LogP contribution in [0.2, 0.25) is 0 Å². The molecule has 0 radical (unpaired) electrons. The Balaban J connectivity index is 2.23. The maximum atomic E-state index is 12.2. The van der Waals surface area contributed by atoms with Gasteiger partial charge in [-0.1, -0.05) is 18.2 Å². The first kappa shape index (κ1) is 14.0. The first-order chi connectivity index (χ1) is 9.49. The summed E-state index contributed by atoms with van der Waals surface area (Å²) in [5, 5.41) is 0. The number of carbonyl (C=O) groups is 1. The van der Waals surface area contributed by atoms with Crippen molar-refractivity contribution in [2.24, 2.45) is 0 Å². The first-order valence-corrected chi connectivity index (χ1v) is 6.37. The quantitative estimate of drug-likeness (QED) is 0.922. The van der Waals surface area contributed by atoms with Gasteiger partial charge in [0.1, 0.15) is 5.82 Å². The van der Waals surface area contributed by atoms with Gasteiger partial charge in [0.05, 0.1) is 6.42 Å². The van der Waals surface area contributed by atoms with Gasteiger partial charge in [-0.15, -0.1) is 0 Å². The molecule has 1 aromatic carbocycles. The number of hydrogen-bond donors (Lipinski definition) is 1. The Hall–Kier alpha value is -2.43. The zero-order valence-electron chi connectivity index (χ0n) is 11.8. The fraction of sp³-hybridized carbons (Fsp3) is 0.267. The zero-order chi connectivity index (χ0) is 14.7. The summed E-state index contributed by atoms with van der Waals surface area (Å²) < 4.78 is 0. The molecule has 5 nitrogen and oxygen atoms in total. The zero-order valence-corrected chi connectivity index (χ0v) is 11.8. The highest BCUT2D eigenvalue weighted by Gasteiger charge is 2.16. The minimum Gasteiger partial charge on any atom is -0.315 e. The molecule has 0 bridgehead atoms. The third-order valence-corrected chi connectivity index (χ3v) is 3.19. The molecule has 0 atom stereocenters. The lowest BCUT2D eigenvalue weighted by Gasteiger charge is -2.17. The Morgan fingerprint density at radius 2 is 1.90 bits per heavy atom. The van der Waals surface area contributed by atoms with E-state index >= 15 is 0 Å². The van der Waals surface area contributed by atoms with Crippen molar-refractivity contribution >= 4 is 11.6 Å². The minimum absolute atomic E-state index is 0.0415. The van der Waals surface area contributed by atoms with Crippen molar-refractivity contribution in [2.75, 3.05) is 11.9 Å². The van der Waals surface area contributed by atoms with Gasteiger partial charge in [0.25, 0.3) is 5.56 Å². The SMILES string of the molecule is Cc1nc(C)c(CC(=O)N(C)c2ccccc2)c(=O)[nH]1. The van der Waals surface area contributed by atoms with Gasteiger partial charge >= 0.3 is 0 Å². The maximum absolute atomic E-state index is 12.2. The molecular weight excluding hydrogens is 254 g/mol. The van der Waals surface area contributed by atoms with Gasteiger partial charge < -0.3 is 9.88 Å². The topological polar surface area (TPSA) is 66.1 Å². The van der Waals surface area contributed by atoms with Crippen molar-refractivity contribution in [2.45, 2.75) is 20.3 Å². The molecule has 1 N–H and O–H groups in total. The number of carbonyl (C=O) groups excluding carboxylic acids is 1. The van der Waals surface area contributed by atoms with E-state index in [2.05, 4.69) is 9.97 Å². The van der Waals surface area contributed by atoms with Crippen molar-refractivity contribution in [1.82, 2.24) is 9.97 Å². The molecule has 1 heterocycles. The number of nitrogens with zero attached hydrogens (tertiary/aromatic N) is 2. The van der Waals surface area contributed by atoms with E-state index in [1.807, 2.05) is 30.3 Å². The van der Waals surface area contributed by atoms with Crippen LogP contribution in [0, 0.1) is 13.8 Å².